The van der Waals surface area contributed by atoms with E-state index in [1.807, 2.05) is 0 Å². The summed E-state index contributed by atoms with van der Waals surface area (Å²) in [5, 5.41) is 0. The summed E-state index contributed by atoms with van der Waals surface area (Å²) in [6.07, 6.45) is 3.98. The average Bonchev–Trinajstić information content (AvgIpc) is 2.89. The topological polar surface area (TPSA) is 13.7 Å². The highest BCUT2D eigenvalue weighted by Gasteiger charge is 2.14. The summed E-state index contributed by atoms with van der Waals surface area (Å²) in [7, 11) is 0. The lowest BCUT2D eigenvalue weighted by Gasteiger charge is -2.14. The van der Waals surface area contributed by atoms with E-state index in [-0.39, 0.29) is 0 Å². The van der Waals surface area contributed by atoms with Crippen molar-refractivity contribution in [3.05, 3.63) is 29.3 Å². The largest absolute Gasteiger partial charge is 0.493 e. The zero-order valence-electron chi connectivity index (χ0n) is 12.7. The van der Waals surface area contributed by atoms with E-state index in [1.54, 1.807) is 4.90 Å². The molecule has 0 atom stereocenters. The summed E-state index contributed by atoms with van der Waals surface area (Å²) in [5.41, 5.74) is 2.61. The van der Waals surface area contributed by atoms with Gasteiger partial charge in [-0.15, -0.1) is 0 Å². The zero-order valence-corrected chi connectivity index (χ0v) is 12.7. The molecule has 1 heterocycles. The van der Waals surface area contributed by atoms with E-state index in [1.165, 1.54) is 50.0 Å². The number of likely N-dealkylation sites (tertiary alicyclic amines) is 1. The molecule has 2 heteroatoms. The molecular formula is C17H28NO+. The van der Waals surface area contributed by atoms with Gasteiger partial charge in [0.25, 0.3) is 0 Å². The molecular weight excluding hydrogens is 234 g/mol. The van der Waals surface area contributed by atoms with Crippen molar-refractivity contribution in [2.24, 2.45) is 0 Å². The molecule has 0 spiro atoms. The molecule has 0 unspecified atom stereocenters. The van der Waals surface area contributed by atoms with Crippen LogP contribution in [0.4, 0.5) is 0 Å². The van der Waals surface area contributed by atoms with Gasteiger partial charge in [-0.25, -0.2) is 0 Å². The third-order valence-corrected chi connectivity index (χ3v) is 4.12. The molecule has 0 aromatic heterocycles. The molecule has 0 bridgehead atoms. The van der Waals surface area contributed by atoms with Crippen LogP contribution < -0.4 is 9.64 Å². The van der Waals surface area contributed by atoms with E-state index in [4.69, 9.17) is 4.74 Å². The van der Waals surface area contributed by atoms with Gasteiger partial charge in [-0.3, -0.25) is 0 Å². The first kappa shape index (κ1) is 14.4. The van der Waals surface area contributed by atoms with E-state index < -0.39 is 0 Å². The summed E-state index contributed by atoms with van der Waals surface area (Å²) in [6, 6.07) is 6.60. The van der Waals surface area contributed by atoms with Gasteiger partial charge >= 0.3 is 0 Å². The van der Waals surface area contributed by atoms with Crippen LogP contribution in [-0.4, -0.2) is 26.2 Å². The molecule has 19 heavy (non-hydrogen) atoms. The van der Waals surface area contributed by atoms with Crippen LogP contribution in [0.15, 0.2) is 18.2 Å². The number of rotatable bonds is 6. The standard InChI is InChI=1S/C17H27NO/c1-14(2)16-8-7-15(3)17(13-16)19-12-6-11-18-9-4-5-10-18/h7-8,13-14H,4-6,9-12H2,1-3H3/p+1. The predicted molar refractivity (Wildman–Crippen MR) is 80.2 cm³/mol. The van der Waals surface area contributed by atoms with Crippen LogP contribution in [-0.2, 0) is 0 Å². The Labute approximate surface area is 117 Å². The highest BCUT2D eigenvalue weighted by Crippen LogP contribution is 2.24. The molecule has 1 aromatic rings. The first-order valence-corrected chi connectivity index (χ1v) is 7.73. The lowest BCUT2D eigenvalue weighted by molar-refractivity contribution is -0.887. The van der Waals surface area contributed by atoms with E-state index in [9.17, 15) is 0 Å². The number of benzene rings is 1. The third kappa shape index (κ3) is 4.24. The highest BCUT2D eigenvalue weighted by molar-refractivity contribution is 5.37. The maximum absolute atomic E-state index is 5.97. The fourth-order valence-electron chi connectivity index (χ4n) is 2.76. The second-order valence-corrected chi connectivity index (χ2v) is 6.09. The van der Waals surface area contributed by atoms with Gasteiger partial charge in [0.2, 0.25) is 0 Å². The van der Waals surface area contributed by atoms with Crippen LogP contribution in [0.5, 0.6) is 5.75 Å². The van der Waals surface area contributed by atoms with Crippen molar-refractivity contribution in [2.45, 2.75) is 46.0 Å². The van der Waals surface area contributed by atoms with Crippen molar-refractivity contribution >= 4 is 0 Å². The Morgan fingerprint density at radius 3 is 2.63 bits per heavy atom. The molecule has 0 radical (unpaired) electrons. The van der Waals surface area contributed by atoms with Crippen molar-refractivity contribution < 1.29 is 9.64 Å². The third-order valence-electron chi connectivity index (χ3n) is 4.12. The molecule has 2 nitrogen and oxygen atoms in total. The molecule has 1 aliphatic heterocycles. The van der Waals surface area contributed by atoms with Crippen LogP contribution in [0.2, 0.25) is 0 Å². The maximum atomic E-state index is 5.97. The SMILES string of the molecule is Cc1ccc(C(C)C)cc1OCCC[NH+]1CCCC1. The predicted octanol–water partition coefficient (Wildman–Crippen LogP) is 2.57. The van der Waals surface area contributed by atoms with Crippen molar-refractivity contribution in [3.8, 4) is 5.75 Å². The van der Waals surface area contributed by atoms with Crippen LogP contribution in [0.3, 0.4) is 0 Å². The average molecular weight is 262 g/mol. The molecule has 1 N–H and O–H groups in total. The number of ether oxygens (including phenoxy) is 1. The number of hydrogen-bond donors (Lipinski definition) is 1. The van der Waals surface area contributed by atoms with Crippen LogP contribution in [0, 0.1) is 6.92 Å². The molecule has 1 aromatic carbocycles. The van der Waals surface area contributed by atoms with Gasteiger partial charge < -0.3 is 9.64 Å². The molecule has 0 amide bonds. The Kier molecular flexibility index (Phi) is 5.26. The normalized spacial score (nSPS) is 16.2. The molecule has 1 aliphatic rings. The monoisotopic (exact) mass is 262 g/mol. The van der Waals surface area contributed by atoms with Gasteiger partial charge in [-0.2, -0.15) is 0 Å². The van der Waals surface area contributed by atoms with Crippen molar-refractivity contribution in [1.29, 1.82) is 0 Å². The molecule has 0 saturated carbocycles. The minimum Gasteiger partial charge on any atom is -0.493 e. The first-order valence-electron chi connectivity index (χ1n) is 7.73. The Morgan fingerprint density at radius 1 is 1.21 bits per heavy atom. The van der Waals surface area contributed by atoms with Gasteiger partial charge in [-0.1, -0.05) is 26.0 Å². The molecule has 2 rings (SSSR count). The quantitative estimate of drug-likeness (QED) is 0.778. The minimum atomic E-state index is 0.567. The summed E-state index contributed by atoms with van der Waals surface area (Å²) in [4.78, 5) is 1.76. The Bertz CT molecular complexity index is 394. The molecule has 1 saturated heterocycles. The van der Waals surface area contributed by atoms with Crippen LogP contribution >= 0.6 is 0 Å². The second-order valence-electron chi connectivity index (χ2n) is 6.09. The number of nitrogens with one attached hydrogen (secondary N) is 1. The smallest absolute Gasteiger partial charge is 0.122 e. The van der Waals surface area contributed by atoms with Gasteiger partial charge in [0, 0.05) is 19.3 Å². The van der Waals surface area contributed by atoms with Gasteiger partial charge in [0.1, 0.15) is 5.75 Å². The fourth-order valence-corrected chi connectivity index (χ4v) is 2.76. The number of quaternary nitrogens is 1. The maximum Gasteiger partial charge on any atom is 0.122 e. The van der Waals surface area contributed by atoms with E-state index >= 15 is 0 Å². The van der Waals surface area contributed by atoms with Gasteiger partial charge in [-0.05, 0) is 30.0 Å². The first-order chi connectivity index (χ1) is 9.16. The van der Waals surface area contributed by atoms with Crippen LogP contribution in [0.25, 0.3) is 0 Å². The Morgan fingerprint density at radius 2 is 1.95 bits per heavy atom. The Balaban J connectivity index is 1.79. The van der Waals surface area contributed by atoms with E-state index in [2.05, 4.69) is 39.0 Å². The van der Waals surface area contributed by atoms with E-state index in [0.29, 0.717) is 5.92 Å². The fraction of sp³-hybridized carbons (Fsp3) is 0.647. The zero-order chi connectivity index (χ0) is 13.7. The minimum absolute atomic E-state index is 0.567. The number of aryl methyl sites for hydroxylation is 1. The Hall–Kier alpha value is -1.02. The summed E-state index contributed by atoms with van der Waals surface area (Å²) >= 11 is 0. The molecule has 1 fully saturated rings. The lowest BCUT2D eigenvalue weighted by atomic mass is 10.0. The van der Waals surface area contributed by atoms with Crippen molar-refractivity contribution in [3.63, 3.8) is 0 Å². The summed E-state index contributed by atoms with van der Waals surface area (Å²) in [5.74, 6) is 1.64. The van der Waals surface area contributed by atoms with E-state index in [0.717, 1.165) is 12.4 Å². The summed E-state index contributed by atoms with van der Waals surface area (Å²) in [6.45, 7) is 11.4. The van der Waals surface area contributed by atoms with Gasteiger partial charge in [0.15, 0.2) is 0 Å². The molecule has 0 aliphatic carbocycles. The summed E-state index contributed by atoms with van der Waals surface area (Å²) < 4.78 is 5.97. The second kappa shape index (κ2) is 6.95. The van der Waals surface area contributed by atoms with Crippen LogP contribution in [0.1, 0.15) is 50.2 Å². The van der Waals surface area contributed by atoms with Crippen molar-refractivity contribution in [1.82, 2.24) is 0 Å². The van der Waals surface area contributed by atoms with Crippen molar-refractivity contribution in [2.75, 3.05) is 26.2 Å². The lowest BCUT2D eigenvalue weighted by Crippen LogP contribution is -3.10. The molecule has 106 valence electrons. The highest BCUT2D eigenvalue weighted by atomic mass is 16.5. The van der Waals surface area contributed by atoms with Gasteiger partial charge in [0.05, 0.1) is 26.2 Å². The number of hydrogen-bond acceptors (Lipinski definition) is 1.